The van der Waals surface area contributed by atoms with E-state index in [0.717, 1.165) is 16.4 Å². The Balaban J connectivity index is 2.03. The molecule has 2 aromatic rings. The van der Waals surface area contributed by atoms with Gasteiger partial charge in [0.25, 0.3) is 0 Å². The molecule has 0 spiro atoms. The minimum Gasteiger partial charge on any atom is -0.330 e. The number of thiophene rings is 1. The molecule has 3 heterocycles. The predicted octanol–water partition coefficient (Wildman–Crippen LogP) is 2.35. The van der Waals surface area contributed by atoms with Crippen LogP contribution in [0.4, 0.5) is 4.39 Å². The van der Waals surface area contributed by atoms with Crippen molar-refractivity contribution in [1.29, 1.82) is 0 Å². The summed E-state index contributed by atoms with van der Waals surface area (Å²) < 4.78 is 15.2. The van der Waals surface area contributed by atoms with Gasteiger partial charge in [0.15, 0.2) is 0 Å². The van der Waals surface area contributed by atoms with E-state index in [-0.39, 0.29) is 6.04 Å². The second-order valence-corrected chi connectivity index (χ2v) is 5.00. The lowest BCUT2D eigenvalue weighted by atomic mass is 10.1. The van der Waals surface area contributed by atoms with Crippen LogP contribution in [0.5, 0.6) is 0 Å². The second kappa shape index (κ2) is 3.68. The van der Waals surface area contributed by atoms with E-state index in [1.165, 1.54) is 0 Å². The maximum Gasteiger partial charge on any atom is 0.126 e. The highest BCUT2D eigenvalue weighted by atomic mass is 32.1. The highest BCUT2D eigenvalue weighted by molar-refractivity contribution is 7.13. The summed E-state index contributed by atoms with van der Waals surface area (Å²) in [6.45, 7) is 0.376. The maximum absolute atomic E-state index is 13.3. The lowest BCUT2D eigenvalue weighted by Crippen LogP contribution is -2.29. The van der Waals surface area contributed by atoms with Crippen LogP contribution in [0.2, 0.25) is 0 Å². The molecule has 0 aromatic carbocycles. The van der Waals surface area contributed by atoms with Crippen molar-refractivity contribution >= 4 is 11.3 Å². The van der Waals surface area contributed by atoms with Crippen molar-refractivity contribution in [3.05, 3.63) is 29.5 Å². The van der Waals surface area contributed by atoms with Gasteiger partial charge in [-0.1, -0.05) is 6.07 Å². The van der Waals surface area contributed by atoms with E-state index in [9.17, 15) is 4.39 Å². The normalized spacial score (nSPS) is 24.4. The van der Waals surface area contributed by atoms with Crippen LogP contribution >= 0.6 is 11.3 Å². The highest BCUT2D eigenvalue weighted by Gasteiger charge is 2.26. The average Bonchev–Trinajstić information content (AvgIpc) is 2.82. The third-order valence-electron chi connectivity index (χ3n) is 2.82. The quantitative estimate of drug-likeness (QED) is 0.827. The SMILES string of the molecule is NC1CC(F)Cn2cc(-c3cccs3)nc21. The molecular formula is C11H12FN3S. The molecule has 1 aliphatic rings. The fraction of sp³-hybridized carbons (Fsp3) is 0.364. The minimum atomic E-state index is -0.854. The lowest BCUT2D eigenvalue weighted by molar-refractivity contribution is 0.230. The van der Waals surface area contributed by atoms with Crippen LogP contribution in [0.1, 0.15) is 18.3 Å². The Bertz CT molecular complexity index is 491. The van der Waals surface area contributed by atoms with Crippen LogP contribution in [-0.2, 0) is 6.54 Å². The molecule has 5 heteroatoms. The molecule has 0 radical (unpaired) electrons. The monoisotopic (exact) mass is 237 g/mol. The molecule has 84 valence electrons. The first-order chi connectivity index (χ1) is 7.74. The Kier molecular flexibility index (Phi) is 2.29. The molecule has 2 N–H and O–H groups in total. The molecule has 0 saturated heterocycles. The number of rotatable bonds is 1. The zero-order valence-electron chi connectivity index (χ0n) is 8.64. The van der Waals surface area contributed by atoms with Gasteiger partial charge in [0.2, 0.25) is 0 Å². The summed E-state index contributed by atoms with van der Waals surface area (Å²) in [7, 11) is 0. The molecule has 16 heavy (non-hydrogen) atoms. The van der Waals surface area contributed by atoms with Crippen LogP contribution in [0.3, 0.4) is 0 Å². The van der Waals surface area contributed by atoms with E-state index < -0.39 is 6.17 Å². The van der Waals surface area contributed by atoms with E-state index in [0.29, 0.717) is 13.0 Å². The topological polar surface area (TPSA) is 43.8 Å². The predicted molar refractivity (Wildman–Crippen MR) is 62.0 cm³/mol. The van der Waals surface area contributed by atoms with E-state index in [2.05, 4.69) is 4.98 Å². The van der Waals surface area contributed by atoms with Gasteiger partial charge >= 0.3 is 0 Å². The first-order valence-electron chi connectivity index (χ1n) is 5.24. The van der Waals surface area contributed by atoms with Crippen LogP contribution < -0.4 is 5.73 Å². The van der Waals surface area contributed by atoms with Crippen LogP contribution in [-0.4, -0.2) is 15.7 Å². The summed E-state index contributed by atoms with van der Waals surface area (Å²) in [5, 5.41) is 2.01. The Labute approximate surface area is 96.7 Å². The fourth-order valence-corrected chi connectivity index (χ4v) is 2.76. The number of nitrogens with two attached hydrogens (primary N) is 1. The average molecular weight is 237 g/mol. The number of fused-ring (bicyclic) bond motifs is 1. The fourth-order valence-electron chi connectivity index (χ4n) is 2.08. The third-order valence-corrected chi connectivity index (χ3v) is 3.71. The van der Waals surface area contributed by atoms with Gasteiger partial charge in [-0.05, 0) is 11.4 Å². The van der Waals surface area contributed by atoms with Crippen molar-refractivity contribution < 1.29 is 4.39 Å². The van der Waals surface area contributed by atoms with Crippen molar-refractivity contribution in [3.8, 4) is 10.6 Å². The molecule has 2 atom stereocenters. The highest BCUT2D eigenvalue weighted by Crippen LogP contribution is 2.29. The second-order valence-electron chi connectivity index (χ2n) is 4.05. The van der Waals surface area contributed by atoms with Gasteiger partial charge in [0.1, 0.15) is 12.0 Å². The van der Waals surface area contributed by atoms with E-state index >= 15 is 0 Å². The van der Waals surface area contributed by atoms with Crippen LogP contribution in [0, 0.1) is 0 Å². The zero-order chi connectivity index (χ0) is 11.1. The van der Waals surface area contributed by atoms with Gasteiger partial charge in [-0.3, -0.25) is 0 Å². The number of halogens is 1. The molecule has 0 saturated carbocycles. The van der Waals surface area contributed by atoms with Crippen molar-refractivity contribution in [3.63, 3.8) is 0 Å². The molecule has 1 aliphatic heterocycles. The van der Waals surface area contributed by atoms with Gasteiger partial charge < -0.3 is 10.3 Å². The first-order valence-corrected chi connectivity index (χ1v) is 6.12. The van der Waals surface area contributed by atoms with Gasteiger partial charge in [0, 0.05) is 12.6 Å². The van der Waals surface area contributed by atoms with Gasteiger partial charge in [0.05, 0.1) is 23.2 Å². The number of imidazole rings is 1. The molecule has 0 fully saturated rings. The molecule has 0 bridgehead atoms. The van der Waals surface area contributed by atoms with Crippen molar-refractivity contribution in [2.75, 3.05) is 0 Å². The Morgan fingerprint density at radius 1 is 1.56 bits per heavy atom. The third kappa shape index (κ3) is 1.56. The summed E-state index contributed by atoms with van der Waals surface area (Å²) >= 11 is 1.63. The summed E-state index contributed by atoms with van der Waals surface area (Å²) in [6.07, 6.45) is 1.42. The van der Waals surface area contributed by atoms with E-state index in [1.54, 1.807) is 11.3 Å². The first kappa shape index (κ1) is 9.99. The smallest absolute Gasteiger partial charge is 0.126 e. The van der Waals surface area contributed by atoms with Gasteiger partial charge in [-0.15, -0.1) is 11.3 Å². The standard InChI is InChI=1S/C11H12FN3S/c12-7-4-8(13)11-14-9(6-15(11)5-7)10-2-1-3-16-10/h1-3,6-8H,4-5,13H2. The Hall–Kier alpha value is -1.20. The van der Waals surface area contributed by atoms with Crippen molar-refractivity contribution in [2.45, 2.75) is 25.2 Å². The summed E-state index contributed by atoms with van der Waals surface area (Å²) in [5.41, 5.74) is 6.78. The van der Waals surface area contributed by atoms with E-state index in [4.69, 9.17) is 5.73 Å². The number of aromatic nitrogens is 2. The molecular weight excluding hydrogens is 225 g/mol. The molecule has 3 nitrogen and oxygen atoms in total. The largest absolute Gasteiger partial charge is 0.330 e. The van der Waals surface area contributed by atoms with E-state index in [1.807, 2.05) is 28.3 Å². The number of alkyl halides is 1. The summed E-state index contributed by atoms with van der Waals surface area (Å²) in [4.78, 5) is 5.59. The van der Waals surface area contributed by atoms with Crippen LogP contribution in [0.25, 0.3) is 10.6 Å². The number of hydrogen-bond acceptors (Lipinski definition) is 3. The van der Waals surface area contributed by atoms with Gasteiger partial charge in [-0.25, -0.2) is 9.37 Å². The minimum absolute atomic E-state index is 0.280. The number of hydrogen-bond donors (Lipinski definition) is 1. The van der Waals surface area contributed by atoms with Crippen molar-refractivity contribution in [2.24, 2.45) is 5.73 Å². The molecule has 3 rings (SSSR count). The Morgan fingerprint density at radius 3 is 3.19 bits per heavy atom. The zero-order valence-corrected chi connectivity index (χ0v) is 9.45. The van der Waals surface area contributed by atoms with Gasteiger partial charge in [-0.2, -0.15) is 0 Å². The van der Waals surface area contributed by atoms with Crippen molar-refractivity contribution in [1.82, 2.24) is 9.55 Å². The molecule has 2 unspecified atom stereocenters. The molecule has 2 aromatic heterocycles. The molecule has 0 amide bonds. The number of nitrogens with zero attached hydrogens (tertiary/aromatic N) is 2. The van der Waals surface area contributed by atoms with Crippen LogP contribution in [0.15, 0.2) is 23.7 Å². The molecule has 0 aliphatic carbocycles. The summed E-state index contributed by atoms with van der Waals surface area (Å²) in [5.74, 6) is 0.803. The Morgan fingerprint density at radius 2 is 2.44 bits per heavy atom. The summed E-state index contributed by atoms with van der Waals surface area (Å²) in [6, 6.07) is 3.71. The maximum atomic E-state index is 13.3. The lowest BCUT2D eigenvalue weighted by Gasteiger charge is -2.22.